The summed E-state index contributed by atoms with van der Waals surface area (Å²) in [6.45, 7) is 2.65. The normalized spacial score (nSPS) is 10.0. The molecule has 1 amide bonds. The van der Waals surface area contributed by atoms with Crippen LogP contribution in [0.25, 0.3) is 0 Å². The van der Waals surface area contributed by atoms with Gasteiger partial charge in [0.05, 0.1) is 23.9 Å². The van der Waals surface area contributed by atoms with Gasteiger partial charge in [0.25, 0.3) is 0 Å². The van der Waals surface area contributed by atoms with Crippen LogP contribution in [0.5, 0.6) is 5.75 Å². The molecule has 2 N–H and O–H groups in total. The lowest BCUT2D eigenvalue weighted by Crippen LogP contribution is -2.21. The van der Waals surface area contributed by atoms with Crippen LogP contribution < -0.4 is 15.4 Å². The number of hydrogen-bond donors (Lipinski definition) is 2. The molecule has 0 bridgehead atoms. The third-order valence-corrected chi connectivity index (χ3v) is 3.07. The predicted octanol–water partition coefficient (Wildman–Crippen LogP) is 3.79. The van der Waals surface area contributed by atoms with Crippen molar-refractivity contribution in [1.29, 1.82) is 0 Å². The van der Waals surface area contributed by atoms with E-state index in [1.165, 1.54) is 0 Å². The van der Waals surface area contributed by atoms with Gasteiger partial charge in [-0.15, -0.1) is 0 Å². The van der Waals surface area contributed by atoms with E-state index in [4.69, 9.17) is 16.3 Å². The van der Waals surface area contributed by atoms with E-state index in [1.807, 2.05) is 43.3 Å². The van der Waals surface area contributed by atoms with Gasteiger partial charge in [-0.25, -0.2) is 0 Å². The smallest absolute Gasteiger partial charge is 0.243 e. The maximum absolute atomic E-state index is 11.9. The zero-order chi connectivity index (χ0) is 15.1. The Morgan fingerprint density at radius 2 is 2.00 bits per heavy atom. The van der Waals surface area contributed by atoms with Crippen molar-refractivity contribution in [2.75, 3.05) is 23.8 Å². The van der Waals surface area contributed by atoms with Crippen molar-refractivity contribution < 1.29 is 9.53 Å². The van der Waals surface area contributed by atoms with Gasteiger partial charge in [-0.3, -0.25) is 4.79 Å². The van der Waals surface area contributed by atoms with Gasteiger partial charge in [-0.05, 0) is 31.2 Å². The summed E-state index contributed by atoms with van der Waals surface area (Å²) in [6.07, 6.45) is 0. The molecule has 0 aliphatic heterocycles. The highest BCUT2D eigenvalue weighted by Gasteiger charge is 2.05. The Balaban J connectivity index is 1.90. The highest BCUT2D eigenvalue weighted by atomic mass is 35.5. The molecule has 0 saturated carbocycles. The van der Waals surface area contributed by atoms with Gasteiger partial charge in [-0.1, -0.05) is 29.8 Å². The van der Waals surface area contributed by atoms with E-state index >= 15 is 0 Å². The van der Waals surface area contributed by atoms with Crippen molar-refractivity contribution >= 4 is 28.9 Å². The Hall–Kier alpha value is -2.20. The predicted molar refractivity (Wildman–Crippen MR) is 86.2 cm³/mol. The molecule has 0 aliphatic carbocycles. The van der Waals surface area contributed by atoms with Gasteiger partial charge in [0.2, 0.25) is 5.91 Å². The molecule has 0 atom stereocenters. The number of ether oxygens (including phenoxy) is 1. The molecule has 0 spiro atoms. The number of carbonyl (C=O) groups excluding carboxylic acids is 1. The van der Waals surface area contributed by atoms with Crippen LogP contribution in [0.3, 0.4) is 0 Å². The summed E-state index contributed by atoms with van der Waals surface area (Å²) in [5, 5.41) is 6.39. The lowest BCUT2D eigenvalue weighted by Gasteiger charge is -2.10. The van der Waals surface area contributed by atoms with Crippen LogP contribution in [-0.2, 0) is 4.79 Å². The Morgan fingerprint density at radius 1 is 1.19 bits per heavy atom. The van der Waals surface area contributed by atoms with Crippen LogP contribution in [0.2, 0.25) is 5.02 Å². The first-order chi connectivity index (χ1) is 10.2. The number of halogens is 1. The molecular weight excluding hydrogens is 288 g/mol. The minimum absolute atomic E-state index is 0.141. The third kappa shape index (κ3) is 4.68. The van der Waals surface area contributed by atoms with Gasteiger partial charge < -0.3 is 15.4 Å². The van der Waals surface area contributed by atoms with E-state index in [9.17, 15) is 4.79 Å². The largest absolute Gasteiger partial charge is 0.494 e. The van der Waals surface area contributed by atoms with Gasteiger partial charge >= 0.3 is 0 Å². The van der Waals surface area contributed by atoms with Crippen molar-refractivity contribution in [2.24, 2.45) is 0 Å². The number of hydrogen-bond acceptors (Lipinski definition) is 3. The number of amides is 1. The molecule has 21 heavy (non-hydrogen) atoms. The van der Waals surface area contributed by atoms with Crippen LogP contribution >= 0.6 is 11.6 Å². The molecule has 4 nitrogen and oxygen atoms in total. The highest BCUT2D eigenvalue weighted by Crippen LogP contribution is 2.20. The summed E-state index contributed by atoms with van der Waals surface area (Å²) >= 11 is 6.01. The van der Waals surface area contributed by atoms with Gasteiger partial charge in [0.1, 0.15) is 5.75 Å². The van der Waals surface area contributed by atoms with Crippen LogP contribution in [0, 0.1) is 0 Å². The average molecular weight is 305 g/mol. The van der Waals surface area contributed by atoms with Crippen molar-refractivity contribution in [3.63, 3.8) is 0 Å². The molecule has 0 fully saturated rings. The maximum Gasteiger partial charge on any atom is 0.243 e. The van der Waals surface area contributed by atoms with Gasteiger partial charge in [-0.2, -0.15) is 0 Å². The summed E-state index contributed by atoms with van der Waals surface area (Å²) in [6, 6.07) is 14.6. The molecule has 0 saturated heterocycles. The third-order valence-electron chi connectivity index (χ3n) is 2.74. The van der Waals surface area contributed by atoms with E-state index in [-0.39, 0.29) is 12.5 Å². The first kappa shape index (κ1) is 15.2. The van der Waals surface area contributed by atoms with Crippen molar-refractivity contribution in [3.8, 4) is 5.75 Å². The van der Waals surface area contributed by atoms with Crippen LogP contribution in [0.15, 0.2) is 48.5 Å². The molecule has 0 radical (unpaired) electrons. The first-order valence-corrected chi connectivity index (χ1v) is 7.08. The molecule has 0 aliphatic rings. The molecule has 0 aromatic heterocycles. The SMILES string of the molecule is CCOc1cccc(NC(=O)CNc2ccccc2Cl)c1. The molecule has 110 valence electrons. The zero-order valence-electron chi connectivity index (χ0n) is 11.7. The summed E-state index contributed by atoms with van der Waals surface area (Å²) in [5.74, 6) is 0.581. The van der Waals surface area contributed by atoms with Gasteiger partial charge in [0, 0.05) is 11.8 Å². The standard InChI is InChI=1S/C16H17ClN2O2/c1-2-21-13-7-5-6-12(10-13)19-16(20)11-18-15-9-4-3-8-14(15)17/h3-10,18H,2,11H2,1H3,(H,19,20). The van der Waals surface area contributed by atoms with Crippen LogP contribution in [0.1, 0.15) is 6.92 Å². The first-order valence-electron chi connectivity index (χ1n) is 6.70. The van der Waals surface area contributed by atoms with Gasteiger partial charge in [0.15, 0.2) is 0 Å². The van der Waals surface area contributed by atoms with Crippen LogP contribution in [-0.4, -0.2) is 19.1 Å². The molecular formula is C16H17ClN2O2. The number of benzene rings is 2. The molecule has 5 heteroatoms. The second-order valence-corrected chi connectivity index (χ2v) is 4.75. The Bertz CT molecular complexity index is 617. The number of para-hydroxylation sites is 1. The number of carbonyl (C=O) groups is 1. The number of nitrogens with one attached hydrogen (secondary N) is 2. The summed E-state index contributed by atoms with van der Waals surface area (Å²) < 4.78 is 5.39. The van der Waals surface area contributed by atoms with E-state index in [1.54, 1.807) is 12.1 Å². The average Bonchev–Trinajstić information content (AvgIpc) is 2.47. The lowest BCUT2D eigenvalue weighted by atomic mass is 10.3. The van der Waals surface area contributed by atoms with Crippen molar-refractivity contribution in [1.82, 2.24) is 0 Å². The summed E-state index contributed by atoms with van der Waals surface area (Å²) in [7, 11) is 0. The lowest BCUT2D eigenvalue weighted by molar-refractivity contribution is -0.114. The Kier molecular flexibility index (Phi) is 5.46. The second-order valence-electron chi connectivity index (χ2n) is 4.34. The molecule has 0 unspecified atom stereocenters. The second kappa shape index (κ2) is 7.55. The van der Waals surface area contributed by atoms with Crippen molar-refractivity contribution in [2.45, 2.75) is 6.92 Å². The molecule has 2 aromatic rings. The Labute approximate surface area is 129 Å². The summed E-state index contributed by atoms with van der Waals surface area (Å²) in [5.41, 5.74) is 1.43. The van der Waals surface area contributed by atoms with E-state index in [2.05, 4.69) is 10.6 Å². The fourth-order valence-electron chi connectivity index (χ4n) is 1.82. The fraction of sp³-hybridized carbons (Fsp3) is 0.188. The topological polar surface area (TPSA) is 50.4 Å². The molecule has 2 rings (SSSR count). The Morgan fingerprint density at radius 3 is 2.76 bits per heavy atom. The van der Waals surface area contributed by atoms with Crippen LogP contribution in [0.4, 0.5) is 11.4 Å². The number of anilines is 2. The monoisotopic (exact) mass is 304 g/mol. The van der Waals surface area contributed by atoms with Crippen molar-refractivity contribution in [3.05, 3.63) is 53.6 Å². The zero-order valence-corrected chi connectivity index (χ0v) is 12.5. The minimum Gasteiger partial charge on any atom is -0.494 e. The highest BCUT2D eigenvalue weighted by molar-refractivity contribution is 6.33. The molecule has 2 aromatic carbocycles. The minimum atomic E-state index is -0.149. The maximum atomic E-state index is 11.9. The quantitative estimate of drug-likeness (QED) is 0.853. The number of rotatable bonds is 6. The summed E-state index contributed by atoms with van der Waals surface area (Å²) in [4.78, 5) is 11.9. The van der Waals surface area contributed by atoms with E-state index in [0.717, 1.165) is 11.4 Å². The fourth-order valence-corrected chi connectivity index (χ4v) is 2.02. The van der Waals surface area contributed by atoms with E-state index < -0.39 is 0 Å². The van der Waals surface area contributed by atoms with E-state index in [0.29, 0.717) is 17.3 Å². The molecule has 0 heterocycles.